The van der Waals surface area contributed by atoms with Crippen LogP contribution in [0.25, 0.3) is 11.4 Å². The van der Waals surface area contributed by atoms with Crippen molar-refractivity contribution in [2.24, 2.45) is 0 Å². The molecule has 0 saturated carbocycles. The zero-order chi connectivity index (χ0) is 20.6. The summed E-state index contributed by atoms with van der Waals surface area (Å²) in [6, 6.07) is 6.99. The topological polar surface area (TPSA) is 117 Å². The molecule has 154 valence electrons. The van der Waals surface area contributed by atoms with E-state index in [4.69, 9.17) is 16.1 Å². The summed E-state index contributed by atoms with van der Waals surface area (Å²) in [5, 5.41) is 4.49. The summed E-state index contributed by atoms with van der Waals surface area (Å²) in [6.07, 6.45) is 3.46. The van der Waals surface area contributed by atoms with Gasteiger partial charge >= 0.3 is 0 Å². The Balaban J connectivity index is 1.40. The monoisotopic (exact) mass is 419 g/mol. The van der Waals surface area contributed by atoms with Gasteiger partial charge < -0.3 is 9.42 Å². The van der Waals surface area contributed by atoms with Gasteiger partial charge in [-0.05, 0) is 37.1 Å². The molecule has 9 nitrogen and oxygen atoms in total. The average Bonchev–Trinajstić information content (AvgIpc) is 3.10. The van der Waals surface area contributed by atoms with Gasteiger partial charge in [0.25, 0.3) is 5.91 Å². The van der Waals surface area contributed by atoms with E-state index in [1.807, 2.05) is 0 Å². The van der Waals surface area contributed by atoms with Gasteiger partial charge in [0.15, 0.2) is 0 Å². The van der Waals surface area contributed by atoms with Crippen molar-refractivity contribution < 1.29 is 18.9 Å². The highest BCUT2D eigenvalue weighted by Crippen LogP contribution is 2.19. The number of aryl methyl sites for hydroxylation is 1. The number of amides is 3. The fraction of sp³-hybridized carbons (Fsp3) is 0.421. The zero-order valence-corrected chi connectivity index (χ0v) is 16.6. The Bertz CT molecular complexity index is 868. The lowest BCUT2D eigenvalue weighted by molar-refractivity contribution is -0.136. The number of hydrogen-bond donors (Lipinski definition) is 2. The standard InChI is InChI=1S/C19H22ClN5O4/c20-14-7-5-13(6-8-14)19-21-17(29-24-19)10-9-15(26)22-23-16(27)12-25-11-3-1-2-4-18(25)28/h5-8H,1-4,9-12H2,(H,22,26)(H,23,27). The first kappa shape index (κ1) is 20.8. The zero-order valence-electron chi connectivity index (χ0n) is 15.8. The van der Waals surface area contributed by atoms with E-state index in [0.717, 1.165) is 24.8 Å². The lowest BCUT2D eigenvalue weighted by atomic mass is 10.2. The lowest BCUT2D eigenvalue weighted by Gasteiger charge is -2.19. The number of nitrogens with one attached hydrogen (secondary N) is 2. The fourth-order valence-electron chi connectivity index (χ4n) is 2.91. The Hall–Kier alpha value is -2.94. The van der Waals surface area contributed by atoms with Crippen molar-refractivity contribution in [3.63, 3.8) is 0 Å². The number of likely N-dealkylation sites (tertiary alicyclic amines) is 1. The second-order valence-electron chi connectivity index (χ2n) is 6.74. The van der Waals surface area contributed by atoms with Crippen molar-refractivity contribution in [1.82, 2.24) is 25.9 Å². The summed E-state index contributed by atoms with van der Waals surface area (Å²) in [6.45, 7) is 0.501. The van der Waals surface area contributed by atoms with Crippen molar-refractivity contribution in [3.05, 3.63) is 35.2 Å². The third-order valence-corrected chi connectivity index (χ3v) is 4.74. The van der Waals surface area contributed by atoms with Crippen LogP contribution in [0.5, 0.6) is 0 Å². The highest BCUT2D eigenvalue weighted by atomic mass is 35.5. The Kier molecular flexibility index (Phi) is 7.18. The second-order valence-corrected chi connectivity index (χ2v) is 7.18. The molecule has 0 spiro atoms. The van der Waals surface area contributed by atoms with Crippen molar-refractivity contribution in [3.8, 4) is 11.4 Å². The van der Waals surface area contributed by atoms with Crippen molar-refractivity contribution in [2.75, 3.05) is 13.1 Å². The van der Waals surface area contributed by atoms with Gasteiger partial charge in [-0.3, -0.25) is 25.2 Å². The molecule has 10 heteroatoms. The summed E-state index contributed by atoms with van der Waals surface area (Å²) in [7, 11) is 0. The minimum atomic E-state index is -0.434. The van der Waals surface area contributed by atoms with Gasteiger partial charge in [0.05, 0.1) is 0 Å². The van der Waals surface area contributed by atoms with Gasteiger partial charge in [0.1, 0.15) is 6.54 Å². The van der Waals surface area contributed by atoms with Crippen LogP contribution in [-0.4, -0.2) is 45.9 Å². The normalized spacial score (nSPS) is 14.4. The number of carbonyl (C=O) groups excluding carboxylic acids is 3. The van der Waals surface area contributed by atoms with E-state index >= 15 is 0 Å². The molecule has 3 amide bonds. The minimum Gasteiger partial charge on any atom is -0.339 e. The molecular formula is C19H22ClN5O4. The SMILES string of the molecule is O=C(CCc1nc(-c2ccc(Cl)cc2)no1)NNC(=O)CN1CCCCCC1=O. The van der Waals surface area contributed by atoms with Gasteiger partial charge in [-0.2, -0.15) is 4.98 Å². The van der Waals surface area contributed by atoms with Crippen LogP contribution >= 0.6 is 11.6 Å². The number of hydrazine groups is 1. The summed E-state index contributed by atoms with van der Waals surface area (Å²) in [5.74, 6) is -0.140. The largest absolute Gasteiger partial charge is 0.339 e. The molecule has 0 radical (unpaired) electrons. The van der Waals surface area contributed by atoms with Gasteiger partial charge in [0, 0.05) is 36.4 Å². The highest BCUT2D eigenvalue weighted by molar-refractivity contribution is 6.30. The van der Waals surface area contributed by atoms with Crippen molar-refractivity contribution in [1.29, 1.82) is 0 Å². The molecule has 1 aromatic heterocycles. The molecule has 2 aromatic rings. The molecule has 1 aliphatic heterocycles. The molecule has 1 aliphatic rings. The summed E-state index contributed by atoms with van der Waals surface area (Å²) >= 11 is 5.85. The van der Waals surface area contributed by atoms with E-state index in [1.165, 1.54) is 4.90 Å². The molecule has 0 aliphatic carbocycles. The summed E-state index contributed by atoms with van der Waals surface area (Å²) in [5.41, 5.74) is 5.42. The van der Waals surface area contributed by atoms with Crippen LogP contribution < -0.4 is 10.9 Å². The highest BCUT2D eigenvalue weighted by Gasteiger charge is 2.19. The van der Waals surface area contributed by atoms with E-state index < -0.39 is 11.8 Å². The van der Waals surface area contributed by atoms with E-state index in [9.17, 15) is 14.4 Å². The molecule has 3 rings (SSSR count). The van der Waals surface area contributed by atoms with Crippen LogP contribution in [0.1, 0.15) is 38.0 Å². The van der Waals surface area contributed by atoms with E-state index in [1.54, 1.807) is 24.3 Å². The molecular weight excluding hydrogens is 398 g/mol. The minimum absolute atomic E-state index is 0.0307. The van der Waals surface area contributed by atoms with Crippen LogP contribution in [0, 0.1) is 0 Å². The number of hydrogen-bond acceptors (Lipinski definition) is 6. The Labute approximate surface area is 172 Å². The van der Waals surface area contributed by atoms with E-state index in [0.29, 0.717) is 29.7 Å². The van der Waals surface area contributed by atoms with Crippen LogP contribution in [0.15, 0.2) is 28.8 Å². The fourth-order valence-corrected chi connectivity index (χ4v) is 3.04. The first-order valence-corrected chi connectivity index (χ1v) is 9.83. The molecule has 0 atom stereocenters. The number of halogens is 1. The van der Waals surface area contributed by atoms with Crippen LogP contribution in [0.3, 0.4) is 0 Å². The number of benzene rings is 1. The molecule has 2 N–H and O–H groups in total. The Morgan fingerprint density at radius 2 is 1.86 bits per heavy atom. The first-order chi connectivity index (χ1) is 14.0. The van der Waals surface area contributed by atoms with E-state index in [2.05, 4.69) is 21.0 Å². The molecule has 1 aromatic carbocycles. The summed E-state index contributed by atoms with van der Waals surface area (Å²) in [4.78, 5) is 41.6. The van der Waals surface area contributed by atoms with Crippen LogP contribution in [0.2, 0.25) is 5.02 Å². The predicted molar refractivity (Wildman–Crippen MR) is 104 cm³/mol. The predicted octanol–water partition coefficient (Wildman–Crippen LogP) is 1.87. The molecule has 0 bridgehead atoms. The molecule has 1 fully saturated rings. The quantitative estimate of drug-likeness (QED) is 0.690. The first-order valence-electron chi connectivity index (χ1n) is 9.45. The van der Waals surface area contributed by atoms with Gasteiger partial charge in [0.2, 0.25) is 23.5 Å². The van der Waals surface area contributed by atoms with Crippen LogP contribution in [0.4, 0.5) is 0 Å². The summed E-state index contributed by atoms with van der Waals surface area (Å²) < 4.78 is 5.14. The smallest absolute Gasteiger partial charge is 0.257 e. The molecule has 2 heterocycles. The van der Waals surface area contributed by atoms with Gasteiger partial charge in [-0.15, -0.1) is 0 Å². The van der Waals surface area contributed by atoms with Gasteiger partial charge in [-0.25, -0.2) is 0 Å². The maximum absolute atomic E-state index is 12.0. The maximum atomic E-state index is 12.0. The number of carbonyl (C=O) groups is 3. The third kappa shape index (κ3) is 6.28. The van der Waals surface area contributed by atoms with Crippen molar-refractivity contribution in [2.45, 2.75) is 38.5 Å². The Morgan fingerprint density at radius 3 is 2.66 bits per heavy atom. The Morgan fingerprint density at radius 1 is 1.10 bits per heavy atom. The molecule has 29 heavy (non-hydrogen) atoms. The number of aromatic nitrogens is 2. The third-order valence-electron chi connectivity index (χ3n) is 4.48. The number of nitrogens with zero attached hydrogens (tertiary/aromatic N) is 3. The van der Waals surface area contributed by atoms with Crippen molar-refractivity contribution >= 4 is 29.3 Å². The van der Waals surface area contributed by atoms with E-state index in [-0.39, 0.29) is 25.3 Å². The van der Waals surface area contributed by atoms with Gasteiger partial charge in [-0.1, -0.05) is 23.2 Å². The maximum Gasteiger partial charge on any atom is 0.257 e. The number of rotatable bonds is 6. The average molecular weight is 420 g/mol. The molecule has 1 saturated heterocycles. The second kappa shape index (κ2) is 10.0. The lowest BCUT2D eigenvalue weighted by Crippen LogP contribution is -2.47. The molecule has 0 unspecified atom stereocenters. The van der Waals surface area contributed by atoms with Crippen LogP contribution in [-0.2, 0) is 20.8 Å².